The highest BCUT2D eigenvalue weighted by atomic mass is 35.5. The van der Waals surface area contributed by atoms with Gasteiger partial charge in [0.15, 0.2) is 0 Å². The van der Waals surface area contributed by atoms with Gasteiger partial charge in [-0.25, -0.2) is 4.98 Å². The Balaban J connectivity index is 0.00000128. The van der Waals surface area contributed by atoms with Crippen LogP contribution >= 0.6 is 12.4 Å². The first-order valence-corrected chi connectivity index (χ1v) is 4.58. The lowest BCUT2D eigenvalue weighted by Crippen LogP contribution is -2.09. The summed E-state index contributed by atoms with van der Waals surface area (Å²) in [5.74, 6) is 0.624. The molecule has 0 amide bonds. The van der Waals surface area contributed by atoms with E-state index in [2.05, 4.69) is 9.97 Å². The quantitative estimate of drug-likeness (QED) is 0.784. The fraction of sp³-hybridized carbons (Fsp3) is 0.200. The molecular weight excluding hydrogens is 226 g/mol. The summed E-state index contributed by atoms with van der Waals surface area (Å²) in [4.78, 5) is 10.0. The molecule has 1 heterocycles. The number of fused-ring (bicyclic) bond motifs is 1. The number of hydrogen-bond acceptors (Lipinski definition) is 5. The summed E-state index contributed by atoms with van der Waals surface area (Å²) in [5.41, 5.74) is 13.1. The van der Waals surface area contributed by atoms with Gasteiger partial charge in [0, 0.05) is 25.2 Å². The number of aromatic nitrogens is 2. The summed E-state index contributed by atoms with van der Waals surface area (Å²) in [7, 11) is 3.94. The molecule has 0 aliphatic rings. The first kappa shape index (κ1) is 12.3. The minimum Gasteiger partial charge on any atom is -0.383 e. The maximum atomic E-state index is 5.78. The van der Waals surface area contributed by atoms with E-state index in [-0.39, 0.29) is 18.4 Å². The van der Waals surface area contributed by atoms with Crippen LogP contribution in [0, 0.1) is 0 Å². The molecule has 0 spiro atoms. The highest BCUT2D eigenvalue weighted by Crippen LogP contribution is 2.23. The molecule has 0 atom stereocenters. The molecule has 2 rings (SSSR count). The Hall–Kier alpha value is -1.75. The van der Waals surface area contributed by atoms with Gasteiger partial charge in [-0.1, -0.05) is 0 Å². The van der Waals surface area contributed by atoms with E-state index in [9.17, 15) is 0 Å². The molecule has 1 aromatic carbocycles. The zero-order valence-corrected chi connectivity index (χ0v) is 9.95. The second-order valence-corrected chi connectivity index (χ2v) is 3.56. The molecule has 0 saturated carbocycles. The molecule has 5 nitrogen and oxygen atoms in total. The number of anilines is 3. The number of nitrogens with two attached hydrogens (primary N) is 2. The van der Waals surface area contributed by atoms with Crippen molar-refractivity contribution in [2.24, 2.45) is 0 Å². The topological polar surface area (TPSA) is 81.1 Å². The van der Waals surface area contributed by atoms with Crippen molar-refractivity contribution in [3.63, 3.8) is 0 Å². The smallest absolute Gasteiger partial charge is 0.222 e. The monoisotopic (exact) mass is 239 g/mol. The van der Waals surface area contributed by atoms with Crippen LogP contribution in [-0.4, -0.2) is 24.1 Å². The van der Waals surface area contributed by atoms with Gasteiger partial charge in [0.25, 0.3) is 0 Å². The standard InChI is InChI=1S/C10H13N5.ClH/c1-15(2)6-3-4-8-7(5-6)9(11)14-10(12)13-8;/h3-5H,1-2H3,(H4,11,12,13,14);1H. The number of nitrogens with zero attached hydrogens (tertiary/aromatic N) is 3. The number of nitrogen functional groups attached to an aromatic ring is 2. The van der Waals surface area contributed by atoms with Crippen LogP contribution in [0.2, 0.25) is 0 Å². The first-order chi connectivity index (χ1) is 7.08. The van der Waals surface area contributed by atoms with Crippen molar-refractivity contribution in [1.82, 2.24) is 9.97 Å². The maximum Gasteiger partial charge on any atom is 0.222 e. The number of hydrogen-bond donors (Lipinski definition) is 2. The van der Waals surface area contributed by atoms with Gasteiger partial charge in [-0.05, 0) is 18.2 Å². The highest BCUT2D eigenvalue weighted by molar-refractivity contribution is 5.91. The van der Waals surface area contributed by atoms with Crippen LogP contribution in [0.25, 0.3) is 10.9 Å². The van der Waals surface area contributed by atoms with Crippen LogP contribution in [0.5, 0.6) is 0 Å². The van der Waals surface area contributed by atoms with Crippen molar-refractivity contribution >= 4 is 40.8 Å². The third-order valence-electron chi connectivity index (χ3n) is 2.24. The lowest BCUT2D eigenvalue weighted by atomic mass is 10.2. The molecule has 86 valence electrons. The van der Waals surface area contributed by atoms with E-state index in [1.165, 1.54) is 0 Å². The molecule has 0 saturated heterocycles. The van der Waals surface area contributed by atoms with Crippen LogP contribution in [0.3, 0.4) is 0 Å². The van der Waals surface area contributed by atoms with Gasteiger partial charge < -0.3 is 16.4 Å². The fourth-order valence-electron chi connectivity index (χ4n) is 1.44. The molecule has 0 radical (unpaired) electrons. The van der Waals surface area contributed by atoms with Gasteiger partial charge in [-0.3, -0.25) is 0 Å². The van der Waals surface area contributed by atoms with Crippen molar-refractivity contribution in [3.05, 3.63) is 18.2 Å². The van der Waals surface area contributed by atoms with E-state index >= 15 is 0 Å². The zero-order valence-electron chi connectivity index (χ0n) is 9.14. The normalized spacial score (nSPS) is 9.88. The largest absolute Gasteiger partial charge is 0.383 e. The summed E-state index contributed by atoms with van der Waals surface area (Å²) < 4.78 is 0. The summed E-state index contributed by atoms with van der Waals surface area (Å²) in [5, 5.41) is 0.829. The van der Waals surface area contributed by atoms with Gasteiger partial charge in [0.2, 0.25) is 5.95 Å². The minimum absolute atomic E-state index is 0. The predicted molar refractivity (Wildman–Crippen MR) is 69.9 cm³/mol. The molecule has 0 fully saturated rings. The second-order valence-electron chi connectivity index (χ2n) is 3.56. The van der Waals surface area contributed by atoms with Gasteiger partial charge in [-0.2, -0.15) is 4.98 Å². The molecule has 0 bridgehead atoms. The Morgan fingerprint density at radius 2 is 1.81 bits per heavy atom. The molecule has 6 heteroatoms. The van der Waals surface area contributed by atoms with Crippen LogP contribution in [0.4, 0.5) is 17.5 Å². The number of halogens is 1. The summed E-state index contributed by atoms with van der Waals surface area (Å²) in [6.07, 6.45) is 0. The average molecular weight is 240 g/mol. The van der Waals surface area contributed by atoms with E-state index in [0.717, 1.165) is 16.6 Å². The van der Waals surface area contributed by atoms with Crippen LogP contribution in [0.15, 0.2) is 18.2 Å². The van der Waals surface area contributed by atoms with E-state index < -0.39 is 0 Å². The Morgan fingerprint density at radius 3 is 2.44 bits per heavy atom. The van der Waals surface area contributed by atoms with Gasteiger partial charge in [0.1, 0.15) is 5.82 Å². The lowest BCUT2D eigenvalue weighted by molar-refractivity contribution is 1.13. The van der Waals surface area contributed by atoms with Crippen molar-refractivity contribution in [1.29, 1.82) is 0 Å². The molecule has 1 aromatic heterocycles. The van der Waals surface area contributed by atoms with Crippen molar-refractivity contribution in [3.8, 4) is 0 Å². The van der Waals surface area contributed by atoms with Crippen LogP contribution in [-0.2, 0) is 0 Å². The molecular formula is C10H14ClN5. The second kappa shape index (κ2) is 4.40. The molecule has 0 aliphatic heterocycles. The van der Waals surface area contributed by atoms with E-state index in [1.54, 1.807) is 0 Å². The molecule has 2 aromatic rings. The predicted octanol–water partition coefficient (Wildman–Crippen LogP) is 1.28. The average Bonchev–Trinajstić information content (AvgIpc) is 2.16. The first-order valence-electron chi connectivity index (χ1n) is 4.58. The van der Waals surface area contributed by atoms with E-state index in [4.69, 9.17) is 11.5 Å². The third kappa shape index (κ3) is 2.09. The summed E-state index contributed by atoms with van der Waals surface area (Å²) >= 11 is 0. The van der Waals surface area contributed by atoms with E-state index in [1.807, 2.05) is 37.2 Å². The lowest BCUT2D eigenvalue weighted by Gasteiger charge is -2.13. The fourth-order valence-corrected chi connectivity index (χ4v) is 1.44. The Labute approximate surface area is 99.9 Å². The highest BCUT2D eigenvalue weighted by Gasteiger charge is 2.04. The van der Waals surface area contributed by atoms with Crippen molar-refractivity contribution in [2.45, 2.75) is 0 Å². The van der Waals surface area contributed by atoms with Gasteiger partial charge in [0.05, 0.1) is 5.52 Å². The summed E-state index contributed by atoms with van der Waals surface area (Å²) in [6, 6.07) is 5.80. The Morgan fingerprint density at radius 1 is 1.12 bits per heavy atom. The summed E-state index contributed by atoms with van der Waals surface area (Å²) in [6.45, 7) is 0. The SMILES string of the molecule is CN(C)c1ccc2nc(N)nc(N)c2c1.Cl. The number of rotatable bonds is 1. The molecule has 4 N–H and O–H groups in total. The van der Waals surface area contributed by atoms with Gasteiger partial charge >= 0.3 is 0 Å². The van der Waals surface area contributed by atoms with Crippen LogP contribution in [0.1, 0.15) is 0 Å². The third-order valence-corrected chi connectivity index (χ3v) is 2.24. The molecule has 0 unspecified atom stereocenters. The van der Waals surface area contributed by atoms with E-state index in [0.29, 0.717) is 5.82 Å². The minimum atomic E-state index is 0. The maximum absolute atomic E-state index is 5.78. The zero-order chi connectivity index (χ0) is 11.0. The van der Waals surface area contributed by atoms with Crippen molar-refractivity contribution < 1.29 is 0 Å². The number of benzene rings is 1. The Bertz CT molecular complexity index is 512. The molecule has 16 heavy (non-hydrogen) atoms. The van der Waals surface area contributed by atoms with Gasteiger partial charge in [-0.15, -0.1) is 12.4 Å². The van der Waals surface area contributed by atoms with Crippen molar-refractivity contribution in [2.75, 3.05) is 30.5 Å². The molecule has 0 aliphatic carbocycles. The van der Waals surface area contributed by atoms with Crippen LogP contribution < -0.4 is 16.4 Å². The Kier molecular flexibility index (Phi) is 3.39.